The Kier molecular flexibility index (Phi) is 7.51. The Morgan fingerprint density at radius 2 is 1.88 bits per heavy atom. The fourth-order valence-corrected chi connectivity index (χ4v) is 4.33. The number of hydrogen-bond acceptors (Lipinski definition) is 7. The monoisotopic (exact) mass is 467 g/mol. The molecule has 0 saturated carbocycles. The number of carbonyl (C=O) groups excluding carboxylic acids is 1. The molecule has 1 amide bonds. The van der Waals surface area contributed by atoms with Gasteiger partial charge in [-0.15, -0.1) is 10.2 Å². The van der Waals surface area contributed by atoms with Crippen molar-refractivity contribution >= 4 is 29.0 Å². The summed E-state index contributed by atoms with van der Waals surface area (Å²) in [5.74, 6) is 1.69. The first-order valence-electron chi connectivity index (χ1n) is 10.9. The van der Waals surface area contributed by atoms with E-state index in [1.807, 2.05) is 54.9 Å². The Morgan fingerprint density at radius 3 is 2.61 bits per heavy atom. The molecule has 1 aromatic heterocycles. The van der Waals surface area contributed by atoms with Crippen molar-refractivity contribution in [2.24, 2.45) is 7.05 Å². The average Bonchev–Trinajstić information content (AvgIpc) is 3.17. The summed E-state index contributed by atoms with van der Waals surface area (Å²) in [5, 5.41) is 12.0. The van der Waals surface area contributed by atoms with Gasteiger partial charge in [-0.25, -0.2) is 0 Å². The minimum absolute atomic E-state index is 0.0878. The van der Waals surface area contributed by atoms with E-state index in [1.54, 1.807) is 0 Å². The predicted octanol–water partition coefficient (Wildman–Crippen LogP) is 3.58. The van der Waals surface area contributed by atoms with Gasteiger partial charge in [-0.2, -0.15) is 0 Å². The summed E-state index contributed by atoms with van der Waals surface area (Å²) in [6, 6.07) is 14.0. The third-order valence-corrected chi connectivity index (χ3v) is 6.49. The Morgan fingerprint density at radius 1 is 1.12 bits per heavy atom. The Labute approximate surface area is 198 Å². The van der Waals surface area contributed by atoms with Crippen LogP contribution < -0.4 is 15.0 Å². The summed E-state index contributed by atoms with van der Waals surface area (Å²) in [6.45, 7) is 7.66. The Bertz CT molecular complexity index is 1090. The highest BCUT2D eigenvalue weighted by Crippen LogP contribution is 2.22. The van der Waals surface area contributed by atoms with Crippen molar-refractivity contribution in [2.75, 3.05) is 42.3 Å². The second-order valence-corrected chi connectivity index (χ2v) is 8.94. The van der Waals surface area contributed by atoms with Crippen molar-refractivity contribution in [1.29, 1.82) is 0 Å². The highest BCUT2D eigenvalue weighted by atomic mass is 32.2. The van der Waals surface area contributed by atoms with Gasteiger partial charge in [0.1, 0.15) is 12.4 Å². The van der Waals surface area contributed by atoms with Gasteiger partial charge in [-0.3, -0.25) is 4.79 Å². The first-order chi connectivity index (χ1) is 16.0. The molecule has 3 aromatic rings. The van der Waals surface area contributed by atoms with Crippen LogP contribution in [0, 0.1) is 13.8 Å². The predicted molar refractivity (Wildman–Crippen MR) is 130 cm³/mol. The van der Waals surface area contributed by atoms with Gasteiger partial charge in [0.25, 0.3) is 0 Å². The number of thioether (sulfide) groups is 1. The van der Waals surface area contributed by atoms with Crippen LogP contribution in [0.25, 0.3) is 0 Å². The molecular formula is C24H29N5O3S. The maximum atomic E-state index is 12.4. The second kappa shape index (κ2) is 10.7. The van der Waals surface area contributed by atoms with E-state index >= 15 is 0 Å². The number of benzene rings is 2. The van der Waals surface area contributed by atoms with E-state index in [0.29, 0.717) is 17.6 Å². The van der Waals surface area contributed by atoms with E-state index in [2.05, 4.69) is 33.4 Å². The van der Waals surface area contributed by atoms with Crippen molar-refractivity contribution in [2.45, 2.75) is 25.6 Å². The summed E-state index contributed by atoms with van der Waals surface area (Å²) in [4.78, 5) is 14.7. The van der Waals surface area contributed by atoms with Crippen LogP contribution in [0.15, 0.2) is 47.6 Å². The van der Waals surface area contributed by atoms with Crippen LogP contribution in [0.5, 0.6) is 5.75 Å². The van der Waals surface area contributed by atoms with E-state index in [0.717, 1.165) is 49.0 Å². The van der Waals surface area contributed by atoms with E-state index in [4.69, 9.17) is 9.47 Å². The number of anilines is 2. The van der Waals surface area contributed by atoms with Crippen LogP contribution in [0.4, 0.5) is 11.4 Å². The van der Waals surface area contributed by atoms with Crippen LogP contribution in [0.2, 0.25) is 0 Å². The van der Waals surface area contributed by atoms with E-state index < -0.39 is 0 Å². The number of aromatic nitrogens is 3. The van der Waals surface area contributed by atoms with Gasteiger partial charge in [-0.1, -0.05) is 29.5 Å². The van der Waals surface area contributed by atoms with E-state index in [9.17, 15) is 4.79 Å². The van der Waals surface area contributed by atoms with Crippen molar-refractivity contribution < 1.29 is 14.3 Å². The quantitative estimate of drug-likeness (QED) is 0.507. The highest BCUT2D eigenvalue weighted by Gasteiger charge is 2.14. The number of rotatable bonds is 8. The molecule has 1 fully saturated rings. The minimum atomic E-state index is -0.0878. The molecule has 9 heteroatoms. The topological polar surface area (TPSA) is 81.5 Å². The molecule has 174 valence electrons. The summed E-state index contributed by atoms with van der Waals surface area (Å²) in [7, 11) is 1.88. The summed E-state index contributed by atoms with van der Waals surface area (Å²) < 4.78 is 13.2. The molecule has 1 aliphatic rings. The molecule has 8 nitrogen and oxygen atoms in total. The SMILES string of the molecule is Cc1ccc(OCc2nnc(SCC(=O)Nc3ccc(N4CCOCC4)cc3)n2C)c(C)c1. The number of hydrogen-bond donors (Lipinski definition) is 1. The zero-order chi connectivity index (χ0) is 23.2. The van der Waals surface area contributed by atoms with Gasteiger partial charge >= 0.3 is 0 Å². The zero-order valence-electron chi connectivity index (χ0n) is 19.2. The number of nitrogens with one attached hydrogen (secondary N) is 1. The molecule has 2 heterocycles. The number of aryl methyl sites for hydroxylation is 2. The molecular weight excluding hydrogens is 438 g/mol. The molecule has 0 unspecified atom stereocenters. The van der Waals surface area contributed by atoms with E-state index in [1.165, 1.54) is 17.3 Å². The van der Waals surface area contributed by atoms with Crippen molar-refractivity contribution in [1.82, 2.24) is 14.8 Å². The van der Waals surface area contributed by atoms with Crippen LogP contribution in [0.3, 0.4) is 0 Å². The number of morpholine rings is 1. The normalized spacial score (nSPS) is 13.7. The fraction of sp³-hybridized carbons (Fsp3) is 0.375. The lowest BCUT2D eigenvalue weighted by molar-refractivity contribution is -0.113. The molecule has 4 rings (SSSR count). The first kappa shape index (κ1) is 23.1. The van der Waals surface area contributed by atoms with Gasteiger partial charge in [-0.05, 0) is 49.7 Å². The van der Waals surface area contributed by atoms with Gasteiger partial charge in [0.2, 0.25) is 5.91 Å². The third kappa shape index (κ3) is 6.06. The third-order valence-electron chi connectivity index (χ3n) is 5.47. The van der Waals surface area contributed by atoms with Crippen molar-refractivity contribution in [3.05, 3.63) is 59.4 Å². The maximum Gasteiger partial charge on any atom is 0.234 e. The number of amides is 1. The Hall–Kier alpha value is -3.04. The average molecular weight is 468 g/mol. The van der Waals surface area contributed by atoms with Crippen molar-refractivity contribution in [3.63, 3.8) is 0 Å². The number of nitrogens with zero attached hydrogens (tertiary/aromatic N) is 4. The van der Waals surface area contributed by atoms with Crippen LogP contribution >= 0.6 is 11.8 Å². The molecule has 0 spiro atoms. The molecule has 1 N–H and O–H groups in total. The molecule has 0 atom stereocenters. The van der Waals surface area contributed by atoms with Gasteiger partial charge in [0.15, 0.2) is 11.0 Å². The van der Waals surface area contributed by atoms with Crippen molar-refractivity contribution in [3.8, 4) is 5.75 Å². The largest absolute Gasteiger partial charge is 0.485 e. The number of carbonyl (C=O) groups is 1. The summed E-state index contributed by atoms with van der Waals surface area (Å²) >= 11 is 1.35. The molecule has 0 bridgehead atoms. The molecule has 33 heavy (non-hydrogen) atoms. The molecule has 0 radical (unpaired) electrons. The lowest BCUT2D eigenvalue weighted by Crippen LogP contribution is -2.36. The molecule has 1 saturated heterocycles. The van der Waals surface area contributed by atoms with Gasteiger partial charge in [0, 0.05) is 31.5 Å². The van der Waals surface area contributed by atoms with Crippen LogP contribution in [0.1, 0.15) is 17.0 Å². The fourth-order valence-electron chi connectivity index (χ4n) is 3.60. The lowest BCUT2D eigenvalue weighted by atomic mass is 10.1. The van der Waals surface area contributed by atoms with Gasteiger partial charge < -0.3 is 24.3 Å². The minimum Gasteiger partial charge on any atom is -0.485 e. The van der Waals surface area contributed by atoms with E-state index in [-0.39, 0.29) is 11.7 Å². The van der Waals surface area contributed by atoms with Gasteiger partial charge in [0.05, 0.1) is 19.0 Å². The summed E-state index contributed by atoms with van der Waals surface area (Å²) in [6.07, 6.45) is 0. The van der Waals surface area contributed by atoms with Crippen LogP contribution in [-0.2, 0) is 23.2 Å². The maximum absolute atomic E-state index is 12.4. The number of ether oxygens (including phenoxy) is 2. The first-order valence-corrected chi connectivity index (χ1v) is 11.9. The zero-order valence-corrected chi connectivity index (χ0v) is 20.0. The lowest BCUT2D eigenvalue weighted by Gasteiger charge is -2.28. The Balaban J connectivity index is 1.26. The molecule has 0 aliphatic carbocycles. The highest BCUT2D eigenvalue weighted by molar-refractivity contribution is 7.99. The summed E-state index contributed by atoms with van der Waals surface area (Å²) in [5.41, 5.74) is 4.20. The molecule has 1 aliphatic heterocycles. The molecule has 2 aromatic carbocycles. The smallest absolute Gasteiger partial charge is 0.234 e. The second-order valence-electron chi connectivity index (χ2n) is 8.00. The van der Waals surface area contributed by atoms with Crippen LogP contribution in [-0.4, -0.2) is 52.7 Å². The standard InChI is InChI=1S/C24H29N5O3S/c1-17-4-9-21(18(2)14-17)32-15-22-26-27-24(28(22)3)33-16-23(30)25-19-5-7-20(8-6-19)29-10-12-31-13-11-29/h4-9,14H,10-13,15-16H2,1-3H3,(H,25,30).